The first-order chi connectivity index (χ1) is 7.24. The van der Waals surface area contributed by atoms with Gasteiger partial charge in [0.05, 0.1) is 0 Å². The normalized spacial score (nSPS) is 12.2. The van der Waals surface area contributed by atoms with Crippen LogP contribution in [0.2, 0.25) is 5.02 Å². The van der Waals surface area contributed by atoms with Crippen LogP contribution in [0.5, 0.6) is 0 Å². The Morgan fingerprint density at radius 2 is 1.80 bits per heavy atom. The maximum Gasteiger partial charge on any atom is 0.0481 e. The largest absolute Gasteiger partial charge is 0.0877 e. The van der Waals surface area contributed by atoms with Crippen LogP contribution in [0, 0.1) is 6.92 Å². The SMILES string of the molecule is C\C=C/C=C\C=C\c1ccc(C)cc1Cl. The average molecular weight is 219 g/mol. The molecule has 0 unspecified atom stereocenters. The van der Waals surface area contributed by atoms with Gasteiger partial charge >= 0.3 is 0 Å². The molecule has 1 heteroatoms. The molecule has 0 aromatic heterocycles. The number of allylic oxidation sites excluding steroid dienone is 5. The third kappa shape index (κ3) is 4.18. The van der Waals surface area contributed by atoms with Crippen molar-refractivity contribution in [3.8, 4) is 0 Å². The average Bonchev–Trinajstić information content (AvgIpc) is 2.20. The van der Waals surface area contributed by atoms with Gasteiger partial charge in [-0.1, -0.05) is 60.2 Å². The second kappa shape index (κ2) is 6.26. The molecule has 0 nitrogen and oxygen atoms in total. The van der Waals surface area contributed by atoms with Crippen molar-refractivity contribution in [2.75, 3.05) is 0 Å². The monoisotopic (exact) mass is 218 g/mol. The van der Waals surface area contributed by atoms with Crippen molar-refractivity contribution in [3.05, 3.63) is 64.7 Å². The van der Waals surface area contributed by atoms with E-state index in [-0.39, 0.29) is 0 Å². The first-order valence-corrected chi connectivity index (χ1v) is 5.34. The van der Waals surface area contributed by atoms with Gasteiger partial charge in [-0.2, -0.15) is 0 Å². The Bertz CT molecular complexity index is 398. The third-order valence-corrected chi connectivity index (χ3v) is 2.28. The molecule has 0 atom stereocenters. The lowest BCUT2D eigenvalue weighted by Crippen LogP contribution is -1.76. The summed E-state index contributed by atoms with van der Waals surface area (Å²) < 4.78 is 0. The number of aryl methyl sites for hydroxylation is 1. The van der Waals surface area contributed by atoms with Crippen LogP contribution in [0.4, 0.5) is 0 Å². The lowest BCUT2D eigenvalue weighted by molar-refractivity contribution is 1.46. The molecule has 0 aliphatic heterocycles. The summed E-state index contributed by atoms with van der Waals surface area (Å²) in [5, 5.41) is 0.797. The highest BCUT2D eigenvalue weighted by molar-refractivity contribution is 6.32. The molecule has 0 spiro atoms. The van der Waals surface area contributed by atoms with Crippen LogP contribution in [0.15, 0.2) is 48.6 Å². The van der Waals surface area contributed by atoms with E-state index in [1.165, 1.54) is 5.56 Å². The fourth-order valence-corrected chi connectivity index (χ4v) is 1.46. The molecular weight excluding hydrogens is 204 g/mol. The van der Waals surface area contributed by atoms with E-state index in [0.29, 0.717) is 0 Å². The first-order valence-electron chi connectivity index (χ1n) is 4.96. The molecule has 1 rings (SSSR count). The van der Waals surface area contributed by atoms with Crippen LogP contribution >= 0.6 is 11.6 Å². The topological polar surface area (TPSA) is 0 Å². The van der Waals surface area contributed by atoms with Gasteiger partial charge in [-0.15, -0.1) is 0 Å². The van der Waals surface area contributed by atoms with Crippen LogP contribution < -0.4 is 0 Å². The minimum Gasteiger partial charge on any atom is -0.0877 e. The second-order valence-corrected chi connectivity index (χ2v) is 3.70. The van der Waals surface area contributed by atoms with Crippen LogP contribution in [0.25, 0.3) is 6.08 Å². The molecule has 1 aromatic carbocycles. The molecule has 0 bridgehead atoms. The van der Waals surface area contributed by atoms with E-state index in [1.807, 2.05) is 62.4 Å². The highest BCUT2D eigenvalue weighted by atomic mass is 35.5. The lowest BCUT2D eigenvalue weighted by Gasteiger charge is -1.98. The van der Waals surface area contributed by atoms with Gasteiger partial charge in [0.2, 0.25) is 0 Å². The summed E-state index contributed by atoms with van der Waals surface area (Å²) in [7, 11) is 0. The molecule has 1 aromatic rings. The van der Waals surface area contributed by atoms with Crippen LogP contribution in [0.3, 0.4) is 0 Å². The minimum atomic E-state index is 0.797. The van der Waals surface area contributed by atoms with E-state index in [2.05, 4.69) is 6.07 Å². The Kier molecular flexibility index (Phi) is 4.92. The quantitative estimate of drug-likeness (QED) is 0.640. The number of halogens is 1. The summed E-state index contributed by atoms with van der Waals surface area (Å²) in [6.45, 7) is 4.02. The van der Waals surface area contributed by atoms with Gasteiger partial charge in [0.15, 0.2) is 0 Å². The summed E-state index contributed by atoms with van der Waals surface area (Å²) in [6.07, 6.45) is 11.9. The van der Waals surface area contributed by atoms with Crippen LogP contribution in [-0.2, 0) is 0 Å². The number of rotatable bonds is 3. The minimum absolute atomic E-state index is 0.797. The molecule has 0 heterocycles. The predicted octanol–water partition coefficient (Wildman–Crippen LogP) is 4.79. The van der Waals surface area contributed by atoms with E-state index in [1.54, 1.807) is 0 Å². The lowest BCUT2D eigenvalue weighted by atomic mass is 10.1. The van der Waals surface area contributed by atoms with Crippen molar-refractivity contribution in [3.63, 3.8) is 0 Å². The zero-order chi connectivity index (χ0) is 11.1. The first kappa shape index (κ1) is 11.8. The van der Waals surface area contributed by atoms with Crippen molar-refractivity contribution in [2.24, 2.45) is 0 Å². The Labute approximate surface area is 96.6 Å². The van der Waals surface area contributed by atoms with Gasteiger partial charge in [-0.3, -0.25) is 0 Å². The molecule has 0 aliphatic carbocycles. The molecule has 0 amide bonds. The van der Waals surface area contributed by atoms with Gasteiger partial charge < -0.3 is 0 Å². The molecular formula is C14H15Cl. The number of benzene rings is 1. The third-order valence-electron chi connectivity index (χ3n) is 1.96. The van der Waals surface area contributed by atoms with Gasteiger partial charge in [-0.05, 0) is 31.0 Å². The molecule has 78 valence electrons. The smallest absolute Gasteiger partial charge is 0.0481 e. The van der Waals surface area contributed by atoms with Crippen molar-refractivity contribution >= 4 is 17.7 Å². The molecule has 0 aliphatic rings. The number of hydrogen-bond donors (Lipinski definition) is 0. The summed E-state index contributed by atoms with van der Waals surface area (Å²) in [5.74, 6) is 0. The van der Waals surface area contributed by atoms with E-state index in [0.717, 1.165) is 10.6 Å². The van der Waals surface area contributed by atoms with Gasteiger partial charge in [-0.25, -0.2) is 0 Å². The summed E-state index contributed by atoms with van der Waals surface area (Å²) in [5.41, 5.74) is 2.23. The maximum atomic E-state index is 6.08. The predicted molar refractivity (Wildman–Crippen MR) is 69.2 cm³/mol. The fraction of sp³-hybridized carbons (Fsp3) is 0.143. The Morgan fingerprint density at radius 3 is 2.47 bits per heavy atom. The summed E-state index contributed by atoms with van der Waals surface area (Å²) in [6, 6.07) is 6.05. The molecule has 0 saturated heterocycles. The number of hydrogen-bond acceptors (Lipinski definition) is 0. The highest BCUT2D eigenvalue weighted by Gasteiger charge is 1.94. The van der Waals surface area contributed by atoms with E-state index < -0.39 is 0 Å². The van der Waals surface area contributed by atoms with Crippen LogP contribution in [0.1, 0.15) is 18.1 Å². The zero-order valence-electron chi connectivity index (χ0n) is 9.07. The molecule has 0 N–H and O–H groups in total. The summed E-state index contributed by atoms with van der Waals surface area (Å²) in [4.78, 5) is 0. The Morgan fingerprint density at radius 1 is 1.07 bits per heavy atom. The van der Waals surface area contributed by atoms with Crippen LogP contribution in [-0.4, -0.2) is 0 Å². The maximum absolute atomic E-state index is 6.08. The Hall–Kier alpha value is -1.27. The van der Waals surface area contributed by atoms with Crippen molar-refractivity contribution in [1.82, 2.24) is 0 Å². The van der Waals surface area contributed by atoms with Gasteiger partial charge in [0, 0.05) is 5.02 Å². The van der Waals surface area contributed by atoms with Crippen molar-refractivity contribution in [1.29, 1.82) is 0 Å². The van der Waals surface area contributed by atoms with Gasteiger partial charge in [0.25, 0.3) is 0 Å². The second-order valence-electron chi connectivity index (χ2n) is 3.29. The molecule has 0 fully saturated rings. The molecule has 0 saturated carbocycles. The zero-order valence-corrected chi connectivity index (χ0v) is 9.83. The summed E-state index contributed by atoms with van der Waals surface area (Å²) >= 11 is 6.08. The van der Waals surface area contributed by atoms with E-state index in [9.17, 15) is 0 Å². The molecule has 0 radical (unpaired) electrons. The van der Waals surface area contributed by atoms with E-state index in [4.69, 9.17) is 11.6 Å². The van der Waals surface area contributed by atoms with E-state index >= 15 is 0 Å². The fourth-order valence-electron chi connectivity index (χ4n) is 1.17. The van der Waals surface area contributed by atoms with Crippen molar-refractivity contribution in [2.45, 2.75) is 13.8 Å². The highest BCUT2D eigenvalue weighted by Crippen LogP contribution is 2.18. The Balaban J connectivity index is 2.72. The van der Waals surface area contributed by atoms with Gasteiger partial charge in [0.1, 0.15) is 0 Å². The standard InChI is InChI=1S/C14H15Cl/c1-3-4-5-6-7-8-13-10-9-12(2)11-14(13)15/h3-11H,1-2H3/b4-3-,6-5-,8-7+. The van der Waals surface area contributed by atoms with Crippen molar-refractivity contribution < 1.29 is 0 Å². The molecule has 15 heavy (non-hydrogen) atoms.